The summed E-state index contributed by atoms with van der Waals surface area (Å²) in [6, 6.07) is 11.1. The molecule has 0 spiro atoms. The number of hydrogen-bond acceptors (Lipinski definition) is 4. The van der Waals surface area contributed by atoms with E-state index in [4.69, 9.17) is 4.74 Å². The van der Waals surface area contributed by atoms with Crippen molar-refractivity contribution in [3.8, 4) is 11.5 Å². The summed E-state index contributed by atoms with van der Waals surface area (Å²) in [6.07, 6.45) is 3.55. The molecule has 1 aromatic heterocycles. The van der Waals surface area contributed by atoms with E-state index < -0.39 is 0 Å². The number of rotatable bonds is 5. The molecule has 1 aromatic carbocycles. The maximum atomic E-state index is 10.3. The van der Waals surface area contributed by atoms with Gasteiger partial charge in [0.2, 0.25) is 6.54 Å². The van der Waals surface area contributed by atoms with Crippen molar-refractivity contribution in [2.75, 3.05) is 6.54 Å². The van der Waals surface area contributed by atoms with Gasteiger partial charge in [0.25, 0.3) is 0 Å². The van der Waals surface area contributed by atoms with E-state index >= 15 is 0 Å². The highest BCUT2D eigenvalue weighted by Gasteiger charge is 2.03. The molecule has 0 fully saturated rings. The molecule has 2 aromatic rings. The van der Waals surface area contributed by atoms with Crippen LogP contribution in [-0.4, -0.2) is 16.5 Å². The van der Waals surface area contributed by atoms with Gasteiger partial charge in [0.1, 0.15) is 11.5 Å². The maximum Gasteiger partial charge on any atom is 0.207 e. The van der Waals surface area contributed by atoms with Crippen LogP contribution in [0, 0.1) is 10.1 Å². The Morgan fingerprint density at radius 2 is 1.94 bits per heavy atom. The van der Waals surface area contributed by atoms with Gasteiger partial charge in [-0.15, -0.1) is 0 Å². The first kappa shape index (κ1) is 12.0. The van der Waals surface area contributed by atoms with E-state index in [1.54, 1.807) is 18.5 Å². The van der Waals surface area contributed by atoms with E-state index in [0.29, 0.717) is 17.9 Å². The molecular formula is C13H12N2O3. The van der Waals surface area contributed by atoms with Crippen LogP contribution >= 0.6 is 0 Å². The number of benzene rings is 1. The van der Waals surface area contributed by atoms with E-state index in [1.165, 1.54) is 0 Å². The summed E-state index contributed by atoms with van der Waals surface area (Å²) in [6.45, 7) is -0.101. The topological polar surface area (TPSA) is 65.3 Å². The van der Waals surface area contributed by atoms with Gasteiger partial charge in [-0.1, -0.05) is 18.2 Å². The van der Waals surface area contributed by atoms with Gasteiger partial charge in [0.05, 0.1) is 6.20 Å². The Bertz CT molecular complexity index is 529. The molecule has 0 amide bonds. The second-order valence-corrected chi connectivity index (χ2v) is 3.75. The second-order valence-electron chi connectivity index (χ2n) is 3.75. The number of hydrogen-bond donors (Lipinski definition) is 0. The zero-order valence-electron chi connectivity index (χ0n) is 9.65. The summed E-state index contributed by atoms with van der Waals surface area (Å²) in [5.41, 5.74) is 0.792. The molecular weight excluding hydrogens is 232 g/mol. The molecule has 5 nitrogen and oxygen atoms in total. The fourth-order valence-electron chi connectivity index (χ4n) is 1.50. The lowest BCUT2D eigenvalue weighted by atomic mass is 10.2. The molecule has 0 aliphatic carbocycles. The summed E-state index contributed by atoms with van der Waals surface area (Å²) >= 11 is 0. The Labute approximate surface area is 104 Å². The minimum atomic E-state index is -0.343. The van der Waals surface area contributed by atoms with Crippen molar-refractivity contribution in [3.63, 3.8) is 0 Å². The zero-order valence-corrected chi connectivity index (χ0v) is 9.65. The predicted octanol–water partition coefficient (Wildman–Crippen LogP) is 2.69. The highest BCUT2D eigenvalue weighted by atomic mass is 16.6. The van der Waals surface area contributed by atoms with E-state index in [0.717, 1.165) is 5.56 Å². The van der Waals surface area contributed by atoms with E-state index in [2.05, 4.69) is 4.98 Å². The summed E-state index contributed by atoms with van der Waals surface area (Å²) in [5, 5.41) is 10.3. The number of nitrogens with zero attached hydrogens (tertiary/aromatic N) is 2. The zero-order chi connectivity index (χ0) is 12.8. The highest BCUT2D eigenvalue weighted by molar-refractivity contribution is 5.31. The predicted molar refractivity (Wildman–Crippen MR) is 66.3 cm³/mol. The molecule has 2 rings (SSSR count). The van der Waals surface area contributed by atoms with Crippen LogP contribution in [0.2, 0.25) is 0 Å². The molecule has 5 heteroatoms. The van der Waals surface area contributed by atoms with Crippen LogP contribution in [0.3, 0.4) is 0 Å². The van der Waals surface area contributed by atoms with E-state index in [9.17, 15) is 10.1 Å². The summed E-state index contributed by atoms with van der Waals surface area (Å²) in [4.78, 5) is 14.0. The first-order valence-electron chi connectivity index (χ1n) is 5.52. The summed E-state index contributed by atoms with van der Waals surface area (Å²) in [5.74, 6) is 1.30. The molecule has 0 aliphatic rings. The van der Waals surface area contributed by atoms with E-state index in [1.807, 2.05) is 30.3 Å². The third-order valence-corrected chi connectivity index (χ3v) is 2.33. The van der Waals surface area contributed by atoms with Crippen molar-refractivity contribution >= 4 is 0 Å². The van der Waals surface area contributed by atoms with Crippen molar-refractivity contribution in [1.29, 1.82) is 0 Å². The maximum absolute atomic E-state index is 10.3. The molecule has 0 radical (unpaired) electrons. The number of pyridine rings is 1. The van der Waals surface area contributed by atoms with Crippen LogP contribution in [0.25, 0.3) is 0 Å². The highest BCUT2D eigenvalue weighted by Crippen LogP contribution is 2.20. The number of aromatic nitrogens is 1. The van der Waals surface area contributed by atoms with Crippen LogP contribution in [0.1, 0.15) is 5.56 Å². The number of ether oxygens (including phenoxy) is 1. The molecule has 1 heterocycles. The molecule has 0 atom stereocenters. The third kappa shape index (κ3) is 3.55. The fraction of sp³-hybridized carbons (Fsp3) is 0.154. The number of para-hydroxylation sites is 1. The van der Waals surface area contributed by atoms with Crippen LogP contribution in [0.4, 0.5) is 0 Å². The molecule has 0 bridgehead atoms. The monoisotopic (exact) mass is 244 g/mol. The largest absolute Gasteiger partial charge is 0.456 e. The minimum Gasteiger partial charge on any atom is -0.456 e. The van der Waals surface area contributed by atoms with Gasteiger partial charge in [0.15, 0.2) is 0 Å². The Hall–Kier alpha value is -2.43. The van der Waals surface area contributed by atoms with Gasteiger partial charge in [-0.25, -0.2) is 0 Å². The standard InChI is InChI=1S/C13H12N2O3/c16-15(17)7-6-11-8-13(10-14-9-11)18-12-4-2-1-3-5-12/h1-5,8-10H,6-7H2. The van der Waals surface area contributed by atoms with Crippen molar-refractivity contribution in [1.82, 2.24) is 4.98 Å². The fourth-order valence-corrected chi connectivity index (χ4v) is 1.50. The lowest BCUT2D eigenvalue weighted by molar-refractivity contribution is -0.479. The first-order valence-corrected chi connectivity index (χ1v) is 5.52. The van der Waals surface area contributed by atoms with Crippen LogP contribution in [-0.2, 0) is 6.42 Å². The van der Waals surface area contributed by atoms with Gasteiger partial charge < -0.3 is 4.74 Å². The third-order valence-electron chi connectivity index (χ3n) is 2.33. The SMILES string of the molecule is O=[N+]([O-])CCc1cncc(Oc2ccccc2)c1. The van der Waals surface area contributed by atoms with Gasteiger partial charge in [0, 0.05) is 17.5 Å². The van der Waals surface area contributed by atoms with Crippen molar-refractivity contribution < 1.29 is 9.66 Å². The molecule has 0 unspecified atom stereocenters. The van der Waals surface area contributed by atoms with Crippen molar-refractivity contribution in [3.05, 3.63) is 64.5 Å². The van der Waals surface area contributed by atoms with Gasteiger partial charge in [-0.2, -0.15) is 0 Å². The molecule has 18 heavy (non-hydrogen) atoms. The van der Waals surface area contributed by atoms with E-state index in [-0.39, 0.29) is 11.5 Å². The van der Waals surface area contributed by atoms with Gasteiger partial charge >= 0.3 is 0 Å². The summed E-state index contributed by atoms with van der Waals surface area (Å²) in [7, 11) is 0. The number of nitro groups is 1. The van der Waals surface area contributed by atoms with Crippen LogP contribution in [0.5, 0.6) is 11.5 Å². The van der Waals surface area contributed by atoms with Gasteiger partial charge in [-0.05, 0) is 23.8 Å². The quantitative estimate of drug-likeness (QED) is 0.599. The molecule has 0 aliphatic heterocycles. The normalized spacial score (nSPS) is 10.0. The van der Waals surface area contributed by atoms with Crippen LogP contribution < -0.4 is 4.74 Å². The Balaban J connectivity index is 2.05. The average molecular weight is 244 g/mol. The minimum absolute atomic E-state index is 0.101. The average Bonchev–Trinajstić information content (AvgIpc) is 2.38. The molecule has 0 saturated heterocycles. The van der Waals surface area contributed by atoms with Crippen LogP contribution in [0.15, 0.2) is 48.8 Å². The summed E-state index contributed by atoms with van der Waals surface area (Å²) < 4.78 is 5.59. The Morgan fingerprint density at radius 3 is 2.67 bits per heavy atom. The smallest absolute Gasteiger partial charge is 0.207 e. The molecule has 0 N–H and O–H groups in total. The van der Waals surface area contributed by atoms with Gasteiger partial charge in [-0.3, -0.25) is 15.1 Å². The Morgan fingerprint density at radius 1 is 1.17 bits per heavy atom. The van der Waals surface area contributed by atoms with Crippen molar-refractivity contribution in [2.45, 2.75) is 6.42 Å². The Kier molecular flexibility index (Phi) is 3.86. The molecule has 0 saturated carbocycles. The molecule has 92 valence electrons. The first-order chi connectivity index (χ1) is 8.74. The lowest BCUT2D eigenvalue weighted by Gasteiger charge is -2.05. The van der Waals surface area contributed by atoms with Crippen molar-refractivity contribution in [2.24, 2.45) is 0 Å². The lowest BCUT2D eigenvalue weighted by Crippen LogP contribution is -2.04. The second kappa shape index (κ2) is 5.77.